The van der Waals surface area contributed by atoms with Crippen LogP contribution in [0.25, 0.3) is 5.69 Å². The van der Waals surface area contributed by atoms with E-state index in [4.69, 9.17) is 26.2 Å². The summed E-state index contributed by atoms with van der Waals surface area (Å²) in [6.45, 7) is 3.61. The molecule has 0 radical (unpaired) electrons. The van der Waals surface area contributed by atoms with Crippen LogP contribution >= 0.6 is 11.6 Å². The highest BCUT2D eigenvalue weighted by Gasteiger charge is 2.13. The van der Waals surface area contributed by atoms with Crippen molar-refractivity contribution in [3.8, 4) is 17.2 Å². The zero-order chi connectivity index (χ0) is 23.3. The number of hydrazone groups is 1. The summed E-state index contributed by atoms with van der Waals surface area (Å²) in [6.07, 6.45) is 1.54. The molecule has 0 saturated heterocycles. The minimum absolute atomic E-state index is 0.0410. The monoisotopic (exact) mass is 455 g/mol. The molecule has 0 aliphatic rings. The number of aromatic carboxylic acids is 1. The van der Waals surface area contributed by atoms with E-state index in [0.717, 1.165) is 22.6 Å². The number of hydrogen-bond acceptors (Lipinski definition) is 5. The van der Waals surface area contributed by atoms with Gasteiger partial charge in [-0.2, -0.15) is 5.10 Å². The first kappa shape index (κ1) is 22.9. The summed E-state index contributed by atoms with van der Waals surface area (Å²) in [5.41, 5.74) is 5.75. The summed E-state index contributed by atoms with van der Waals surface area (Å²) >= 11 is 6.11. The maximum Gasteiger partial charge on any atom is 0.337 e. The van der Waals surface area contributed by atoms with Crippen LogP contribution in [-0.4, -0.2) is 41.5 Å². The van der Waals surface area contributed by atoms with Gasteiger partial charge in [-0.25, -0.2) is 10.2 Å². The number of benzene rings is 2. The quantitative estimate of drug-likeness (QED) is 0.395. The molecular formula is C23H22ClN3O5. The zero-order valence-corrected chi connectivity index (χ0v) is 18.5. The molecular weight excluding hydrogens is 434 g/mol. The molecule has 1 amide bonds. The molecule has 0 atom stereocenters. The lowest BCUT2D eigenvalue weighted by Crippen LogP contribution is -2.24. The Hall–Kier alpha value is -3.78. The molecule has 0 aliphatic heterocycles. The van der Waals surface area contributed by atoms with Crippen molar-refractivity contribution in [2.24, 2.45) is 5.10 Å². The number of methoxy groups -OCH3 is 1. The van der Waals surface area contributed by atoms with E-state index in [1.165, 1.54) is 12.3 Å². The topological polar surface area (TPSA) is 102 Å². The first-order valence-electron chi connectivity index (χ1n) is 9.61. The second-order valence-electron chi connectivity index (χ2n) is 6.89. The largest absolute Gasteiger partial charge is 0.497 e. The van der Waals surface area contributed by atoms with Crippen LogP contribution in [0.4, 0.5) is 0 Å². The maximum absolute atomic E-state index is 12.0. The van der Waals surface area contributed by atoms with Gasteiger partial charge in [-0.05, 0) is 62.4 Å². The number of carbonyl (C=O) groups is 2. The number of ether oxygens (including phenoxy) is 2. The average molecular weight is 456 g/mol. The Balaban J connectivity index is 1.64. The van der Waals surface area contributed by atoms with E-state index in [1.54, 1.807) is 43.5 Å². The highest BCUT2D eigenvalue weighted by molar-refractivity contribution is 6.33. The van der Waals surface area contributed by atoms with E-state index in [0.29, 0.717) is 11.5 Å². The van der Waals surface area contributed by atoms with Crippen molar-refractivity contribution in [3.63, 3.8) is 0 Å². The van der Waals surface area contributed by atoms with Gasteiger partial charge in [-0.3, -0.25) is 4.79 Å². The Bertz CT molecular complexity index is 1170. The molecule has 2 N–H and O–H groups in total. The third-order valence-corrected chi connectivity index (χ3v) is 5.05. The number of carbonyl (C=O) groups excluding carboxylic acids is 1. The van der Waals surface area contributed by atoms with Crippen LogP contribution in [0.2, 0.25) is 5.02 Å². The van der Waals surface area contributed by atoms with Gasteiger partial charge in [-0.15, -0.1) is 0 Å². The minimum Gasteiger partial charge on any atom is -0.497 e. The third-order valence-electron chi connectivity index (χ3n) is 4.73. The summed E-state index contributed by atoms with van der Waals surface area (Å²) in [7, 11) is 1.57. The average Bonchev–Trinajstić information content (AvgIpc) is 3.05. The molecule has 0 saturated carbocycles. The molecule has 8 nitrogen and oxygen atoms in total. The highest BCUT2D eigenvalue weighted by atomic mass is 35.5. The molecule has 0 aliphatic carbocycles. The summed E-state index contributed by atoms with van der Waals surface area (Å²) < 4.78 is 12.4. The van der Waals surface area contributed by atoms with Gasteiger partial charge < -0.3 is 19.1 Å². The summed E-state index contributed by atoms with van der Waals surface area (Å²) in [5.74, 6) is -0.242. The third kappa shape index (κ3) is 5.28. The van der Waals surface area contributed by atoms with Gasteiger partial charge >= 0.3 is 5.97 Å². The smallest absolute Gasteiger partial charge is 0.337 e. The molecule has 0 fully saturated rings. The maximum atomic E-state index is 12.0. The van der Waals surface area contributed by atoms with Crippen LogP contribution in [0, 0.1) is 13.8 Å². The van der Waals surface area contributed by atoms with Crippen molar-refractivity contribution in [2.45, 2.75) is 13.8 Å². The SMILES string of the molecule is COc1ccc(OCC(=O)N/N=C/c2cc(C)n(-c3ccc(C(=O)O)c(Cl)c3)c2C)cc1. The summed E-state index contributed by atoms with van der Waals surface area (Å²) in [6, 6.07) is 13.6. The standard InChI is InChI=1S/C23H22ClN3O5/c1-14-10-16(15(2)27(14)17-4-9-20(23(29)30)21(24)11-17)12-25-26-22(28)13-32-19-7-5-18(31-3)6-8-19/h4-12H,13H2,1-3H3,(H,26,28)(H,29,30)/b25-12+. The van der Waals surface area contributed by atoms with Gasteiger partial charge in [-0.1, -0.05) is 11.6 Å². The molecule has 2 aromatic carbocycles. The molecule has 1 heterocycles. The molecule has 3 rings (SSSR count). The number of carboxylic acids is 1. The van der Waals surface area contributed by atoms with Crippen LogP contribution < -0.4 is 14.9 Å². The Morgan fingerprint density at radius 1 is 1.12 bits per heavy atom. The van der Waals surface area contributed by atoms with Crippen molar-refractivity contribution in [1.82, 2.24) is 9.99 Å². The fraction of sp³-hybridized carbons (Fsp3) is 0.174. The van der Waals surface area contributed by atoms with Gasteiger partial charge in [0.1, 0.15) is 11.5 Å². The molecule has 1 aromatic heterocycles. The van der Waals surface area contributed by atoms with Crippen molar-refractivity contribution in [2.75, 3.05) is 13.7 Å². The Morgan fingerprint density at radius 2 is 1.81 bits per heavy atom. The molecule has 3 aromatic rings. The van der Waals surface area contributed by atoms with Crippen LogP contribution in [-0.2, 0) is 4.79 Å². The molecule has 0 spiro atoms. The lowest BCUT2D eigenvalue weighted by molar-refractivity contribution is -0.123. The molecule has 9 heteroatoms. The van der Waals surface area contributed by atoms with Crippen LogP contribution in [0.15, 0.2) is 53.6 Å². The summed E-state index contributed by atoms with van der Waals surface area (Å²) in [4.78, 5) is 23.2. The number of rotatable bonds is 8. The fourth-order valence-electron chi connectivity index (χ4n) is 3.16. The van der Waals surface area contributed by atoms with E-state index in [2.05, 4.69) is 10.5 Å². The number of aromatic nitrogens is 1. The van der Waals surface area contributed by atoms with Crippen LogP contribution in [0.1, 0.15) is 27.3 Å². The van der Waals surface area contributed by atoms with Gasteiger partial charge in [0.2, 0.25) is 0 Å². The Morgan fingerprint density at radius 3 is 2.44 bits per heavy atom. The zero-order valence-electron chi connectivity index (χ0n) is 17.8. The fourth-order valence-corrected chi connectivity index (χ4v) is 3.41. The molecule has 166 valence electrons. The molecule has 0 unspecified atom stereocenters. The number of carboxylic acid groups (broad SMARTS) is 1. The van der Waals surface area contributed by atoms with Gasteiger partial charge in [0.15, 0.2) is 6.61 Å². The molecule has 32 heavy (non-hydrogen) atoms. The lowest BCUT2D eigenvalue weighted by atomic mass is 10.2. The molecule has 0 bridgehead atoms. The summed E-state index contributed by atoms with van der Waals surface area (Å²) in [5, 5.41) is 13.3. The minimum atomic E-state index is -1.08. The lowest BCUT2D eigenvalue weighted by Gasteiger charge is -2.11. The number of amides is 1. The normalized spacial score (nSPS) is 10.9. The van der Waals surface area contributed by atoms with E-state index >= 15 is 0 Å². The number of nitrogens with zero attached hydrogens (tertiary/aromatic N) is 2. The van der Waals surface area contributed by atoms with Crippen molar-refractivity contribution in [3.05, 3.63) is 76.1 Å². The number of halogens is 1. The van der Waals surface area contributed by atoms with Gasteiger partial charge in [0, 0.05) is 22.6 Å². The first-order valence-corrected chi connectivity index (χ1v) is 9.99. The number of aryl methyl sites for hydroxylation is 1. The van der Waals surface area contributed by atoms with Gasteiger partial charge in [0.05, 0.1) is 23.9 Å². The van der Waals surface area contributed by atoms with Crippen molar-refractivity contribution < 1.29 is 24.2 Å². The van der Waals surface area contributed by atoms with Crippen molar-refractivity contribution in [1.29, 1.82) is 0 Å². The van der Waals surface area contributed by atoms with Crippen molar-refractivity contribution >= 4 is 29.7 Å². The van der Waals surface area contributed by atoms with Crippen LogP contribution in [0.5, 0.6) is 11.5 Å². The number of hydrogen-bond donors (Lipinski definition) is 2. The van der Waals surface area contributed by atoms with E-state index in [-0.39, 0.29) is 17.2 Å². The van der Waals surface area contributed by atoms with E-state index in [1.807, 2.05) is 24.5 Å². The van der Waals surface area contributed by atoms with Crippen LogP contribution in [0.3, 0.4) is 0 Å². The highest BCUT2D eigenvalue weighted by Crippen LogP contribution is 2.25. The number of nitrogens with one attached hydrogen (secondary N) is 1. The predicted octanol–water partition coefficient (Wildman–Crippen LogP) is 3.98. The Labute approximate surface area is 190 Å². The second kappa shape index (κ2) is 10.0. The van der Waals surface area contributed by atoms with E-state index < -0.39 is 11.9 Å². The predicted molar refractivity (Wildman–Crippen MR) is 121 cm³/mol. The second-order valence-corrected chi connectivity index (χ2v) is 7.30. The van der Waals surface area contributed by atoms with Gasteiger partial charge in [0.25, 0.3) is 5.91 Å². The first-order chi connectivity index (χ1) is 15.3. The Kier molecular flexibility index (Phi) is 7.17. The van der Waals surface area contributed by atoms with E-state index in [9.17, 15) is 9.59 Å².